The number of guanidine groups is 1. The zero-order valence-corrected chi connectivity index (χ0v) is 14.7. The first-order valence-corrected chi connectivity index (χ1v) is 9.62. The maximum Gasteiger partial charge on any atom is 0.191 e. The van der Waals surface area contributed by atoms with Gasteiger partial charge in [0.05, 0.1) is 17.1 Å². The molecule has 6 heteroatoms. The molecule has 1 aliphatic carbocycles. The van der Waals surface area contributed by atoms with Gasteiger partial charge in [-0.05, 0) is 56.5 Å². The lowest BCUT2D eigenvalue weighted by atomic mass is 9.80. The number of aliphatic hydroxyl groups is 1. The predicted octanol–water partition coefficient (Wildman–Crippen LogP) is 2.19. The van der Waals surface area contributed by atoms with Gasteiger partial charge in [0.25, 0.3) is 0 Å². The van der Waals surface area contributed by atoms with Crippen LogP contribution >= 0.6 is 11.3 Å². The van der Waals surface area contributed by atoms with Crippen molar-refractivity contribution < 1.29 is 5.11 Å². The Morgan fingerprint density at radius 3 is 2.78 bits per heavy atom. The summed E-state index contributed by atoms with van der Waals surface area (Å²) in [4.78, 5) is 7.07. The number of thiophene rings is 1. The number of piperidine rings is 1. The van der Waals surface area contributed by atoms with Crippen molar-refractivity contribution in [2.45, 2.75) is 50.7 Å². The molecule has 0 radical (unpaired) electrons. The number of rotatable bonds is 5. The van der Waals surface area contributed by atoms with E-state index in [1.165, 1.54) is 5.00 Å². The summed E-state index contributed by atoms with van der Waals surface area (Å²) >= 11 is 1.81. The molecule has 1 aromatic rings. The van der Waals surface area contributed by atoms with Crippen LogP contribution in [-0.2, 0) is 0 Å². The van der Waals surface area contributed by atoms with Crippen molar-refractivity contribution >= 4 is 22.3 Å². The third-order valence-corrected chi connectivity index (χ3v) is 5.74. The summed E-state index contributed by atoms with van der Waals surface area (Å²) < 4.78 is 0. The molecule has 0 unspecified atom stereocenters. The van der Waals surface area contributed by atoms with Crippen LogP contribution in [-0.4, -0.2) is 48.9 Å². The van der Waals surface area contributed by atoms with Crippen molar-refractivity contribution in [3.05, 3.63) is 17.5 Å². The minimum absolute atomic E-state index is 0.458. The highest BCUT2D eigenvalue weighted by atomic mass is 32.1. The van der Waals surface area contributed by atoms with Crippen molar-refractivity contribution in [3.8, 4) is 0 Å². The van der Waals surface area contributed by atoms with E-state index in [9.17, 15) is 5.11 Å². The van der Waals surface area contributed by atoms with E-state index >= 15 is 0 Å². The molecule has 5 nitrogen and oxygen atoms in total. The number of nitrogens with one attached hydrogen (secondary N) is 2. The molecule has 3 rings (SSSR count). The van der Waals surface area contributed by atoms with Crippen molar-refractivity contribution in [2.75, 3.05) is 31.1 Å². The normalized spacial score (nSPS) is 21.8. The molecule has 0 spiro atoms. The van der Waals surface area contributed by atoms with E-state index < -0.39 is 5.60 Å². The summed E-state index contributed by atoms with van der Waals surface area (Å²) in [6, 6.07) is 4.77. The second-order valence-electron chi connectivity index (χ2n) is 6.63. The largest absolute Gasteiger partial charge is 0.388 e. The van der Waals surface area contributed by atoms with Gasteiger partial charge in [0.15, 0.2) is 5.96 Å². The molecule has 1 aromatic heterocycles. The smallest absolute Gasteiger partial charge is 0.191 e. The van der Waals surface area contributed by atoms with Crippen LogP contribution in [0, 0.1) is 0 Å². The zero-order valence-electron chi connectivity index (χ0n) is 13.9. The fourth-order valence-corrected chi connectivity index (χ4v) is 3.96. The number of aliphatic imine (C=N–C) groups is 1. The Morgan fingerprint density at radius 1 is 1.43 bits per heavy atom. The van der Waals surface area contributed by atoms with Gasteiger partial charge < -0.3 is 20.6 Å². The van der Waals surface area contributed by atoms with E-state index in [2.05, 4.69) is 45.0 Å². The molecule has 23 heavy (non-hydrogen) atoms. The Labute approximate surface area is 142 Å². The van der Waals surface area contributed by atoms with Crippen molar-refractivity contribution in [1.82, 2.24) is 10.6 Å². The van der Waals surface area contributed by atoms with Crippen LogP contribution in [0.1, 0.15) is 39.0 Å². The molecule has 128 valence electrons. The first-order valence-electron chi connectivity index (χ1n) is 8.74. The van der Waals surface area contributed by atoms with E-state index in [1.54, 1.807) is 0 Å². The lowest BCUT2D eigenvalue weighted by Crippen LogP contribution is -2.49. The summed E-state index contributed by atoms with van der Waals surface area (Å²) in [6.45, 7) is 5.60. The van der Waals surface area contributed by atoms with Crippen LogP contribution in [0.5, 0.6) is 0 Å². The SMILES string of the molecule is CCNC(=NCC1(O)CCC1)NC1CCN(c2cccs2)CC1. The highest BCUT2D eigenvalue weighted by molar-refractivity contribution is 7.14. The first-order chi connectivity index (χ1) is 11.2. The lowest BCUT2D eigenvalue weighted by Gasteiger charge is -2.36. The monoisotopic (exact) mass is 336 g/mol. The van der Waals surface area contributed by atoms with Crippen LogP contribution in [0.15, 0.2) is 22.5 Å². The van der Waals surface area contributed by atoms with Crippen molar-refractivity contribution in [3.63, 3.8) is 0 Å². The topological polar surface area (TPSA) is 59.9 Å². The molecule has 1 saturated heterocycles. The van der Waals surface area contributed by atoms with E-state index in [0.717, 1.165) is 57.7 Å². The standard InChI is InChI=1S/C17H28N4OS/c1-2-18-16(19-13-17(22)8-4-9-17)20-14-6-10-21(11-7-14)15-5-3-12-23-15/h3,5,12,14,22H,2,4,6-11,13H2,1H3,(H2,18,19,20). The molecule has 2 fully saturated rings. The fraction of sp³-hybridized carbons (Fsp3) is 0.706. The van der Waals surface area contributed by atoms with Crippen LogP contribution in [0.25, 0.3) is 0 Å². The molecule has 0 atom stereocenters. The molecule has 3 N–H and O–H groups in total. The summed E-state index contributed by atoms with van der Waals surface area (Å²) in [5.74, 6) is 0.849. The molecule has 1 saturated carbocycles. The Kier molecular flexibility index (Phi) is 5.43. The molecule has 0 aromatic carbocycles. The maximum atomic E-state index is 10.2. The Hall–Kier alpha value is -1.27. The molecular weight excluding hydrogens is 308 g/mol. The van der Waals surface area contributed by atoms with Crippen LogP contribution < -0.4 is 15.5 Å². The summed E-state index contributed by atoms with van der Waals surface area (Å²) in [7, 11) is 0. The summed E-state index contributed by atoms with van der Waals surface area (Å²) in [6.07, 6.45) is 5.13. The second kappa shape index (κ2) is 7.53. The third kappa shape index (κ3) is 4.38. The van der Waals surface area contributed by atoms with Gasteiger partial charge in [-0.1, -0.05) is 0 Å². The van der Waals surface area contributed by atoms with E-state index in [4.69, 9.17) is 0 Å². The van der Waals surface area contributed by atoms with Crippen LogP contribution in [0.3, 0.4) is 0 Å². The van der Waals surface area contributed by atoms with Gasteiger partial charge in [-0.15, -0.1) is 11.3 Å². The average Bonchev–Trinajstić information content (AvgIpc) is 3.06. The van der Waals surface area contributed by atoms with Gasteiger partial charge >= 0.3 is 0 Å². The summed E-state index contributed by atoms with van der Waals surface area (Å²) in [5, 5.41) is 20.6. The molecule has 2 aliphatic rings. The number of anilines is 1. The fourth-order valence-electron chi connectivity index (χ4n) is 3.18. The minimum atomic E-state index is -0.551. The Balaban J connectivity index is 1.49. The van der Waals surface area contributed by atoms with Gasteiger partial charge in [-0.25, -0.2) is 0 Å². The Morgan fingerprint density at radius 2 is 2.22 bits per heavy atom. The lowest BCUT2D eigenvalue weighted by molar-refractivity contribution is -0.0236. The average molecular weight is 337 g/mol. The van der Waals surface area contributed by atoms with Gasteiger partial charge in [0, 0.05) is 25.7 Å². The molecule has 0 bridgehead atoms. The van der Waals surface area contributed by atoms with Crippen LogP contribution in [0.4, 0.5) is 5.00 Å². The van der Waals surface area contributed by atoms with Gasteiger partial charge in [-0.2, -0.15) is 0 Å². The molecule has 0 amide bonds. The quantitative estimate of drug-likeness (QED) is 0.570. The second-order valence-corrected chi connectivity index (χ2v) is 7.56. The van der Waals surface area contributed by atoms with Crippen LogP contribution in [0.2, 0.25) is 0 Å². The van der Waals surface area contributed by atoms with E-state index in [0.29, 0.717) is 12.6 Å². The van der Waals surface area contributed by atoms with Gasteiger partial charge in [-0.3, -0.25) is 4.99 Å². The Bertz CT molecular complexity index is 505. The number of nitrogens with zero attached hydrogens (tertiary/aromatic N) is 2. The predicted molar refractivity (Wildman–Crippen MR) is 97.5 cm³/mol. The van der Waals surface area contributed by atoms with Gasteiger partial charge in [0.1, 0.15) is 0 Å². The summed E-state index contributed by atoms with van der Waals surface area (Å²) in [5.41, 5.74) is -0.551. The number of hydrogen-bond donors (Lipinski definition) is 3. The molecule has 2 heterocycles. The number of hydrogen-bond acceptors (Lipinski definition) is 4. The van der Waals surface area contributed by atoms with E-state index in [1.807, 2.05) is 11.3 Å². The maximum absolute atomic E-state index is 10.2. The molecule has 1 aliphatic heterocycles. The zero-order chi connectivity index (χ0) is 16.1. The highest BCUT2D eigenvalue weighted by Gasteiger charge is 2.34. The first kappa shape index (κ1) is 16.6. The van der Waals surface area contributed by atoms with E-state index in [-0.39, 0.29) is 0 Å². The minimum Gasteiger partial charge on any atom is -0.388 e. The van der Waals surface area contributed by atoms with Crippen molar-refractivity contribution in [1.29, 1.82) is 0 Å². The van der Waals surface area contributed by atoms with Gasteiger partial charge in [0.2, 0.25) is 0 Å². The molecular formula is C17H28N4OS. The highest BCUT2D eigenvalue weighted by Crippen LogP contribution is 2.31. The third-order valence-electron chi connectivity index (χ3n) is 4.81. The van der Waals surface area contributed by atoms with Crippen molar-refractivity contribution in [2.24, 2.45) is 4.99 Å².